The lowest BCUT2D eigenvalue weighted by Gasteiger charge is -2.45. The smallest absolute Gasteiger partial charge is 0.129 e. The molecule has 1 aromatic carbocycles. The quantitative estimate of drug-likeness (QED) is 0.628. The number of piperazine rings is 1. The zero-order valence-electron chi connectivity index (χ0n) is 12.6. The standard InChI is InChI=1S/C17H21N3O/c1-14-5-3-4-6-16(14)15-7-8-18-17(13-15)19-9-11-20(2,21)12-10-19/h3-8,13H,9-12H2,1-2H3. The van der Waals surface area contributed by atoms with Crippen LogP contribution in [0.1, 0.15) is 5.56 Å². The normalized spacial score (nSPS) is 17.8. The Labute approximate surface area is 125 Å². The van der Waals surface area contributed by atoms with Gasteiger partial charge in [-0.05, 0) is 35.7 Å². The summed E-state index contributed by atoms with van der Waals surface area (Å²) in [5, 5.41) is 11.9. The first-order valence-electron chi connectivity index (χ1n) is 7.38. The van der Waals surface area contributed by atoms with E-state index in [1.54, 1.807) is 7.05 Å². The Balaban J connectivity index is 1.86. The van der Waals surface area contributed by atoms with Crippen molar-refractivity contribution >= 4 is 5.82 Å². The van der Waals surface area contributed by atoms with E-state index in [0.29, 0.717) is 13.1 Å². The van der Waals surface area contributed by atoms with Gasteiger partial charge >= 0.3 is 0 Å². The van der Waals surface area contributed by atoms with Crippen LogP contribution < -0.4 is 4.90 Å². The highest BCUT2D eigenvalue weighted by Gasteiger charge is 2.22. The summed E-state index contributed by atoms with van der Waals surface area (Å²) in [5.74, 6) is 0.968. The van der Waals surface area contributed by atoms with Crippen LogP contribution >= 0.6 is 0 Å². The molecule has 1 aliphatic rings. The Morgan fingerprint density at radius 2 is 1.86 bits per heavy atom. The number of anilines is 1. The van der Waals surface area contributed by atoms with Crippen molar-refractivity contribution in [1.82, 2.24) is 4.98 Å². The van der Waals surface area contributed by atoms with Gasteiger partial charge in [-0.2, -0.15) is 0 Å². The fourth-order valence-electron chi connectivity index (χ4n) is 2.77. The van der Waals surface area contributed by atoms with E-state index in [1.807, 2.05) is 12.3 Å². The number of hydroxylamine groups is 3. The number of aromatic nitrogens is 1. The molecule has 0 unspecified atom stereocenters. The number of likely N-dealkylation sites (N-methyl/N-ethyl adjacent to an activating group) is 1. The largest absolute Gasteiger partial charge is 0.633 e. The molecular weight excluding hydrogens is 262 g/mol. The van der Waals surface area contributed by atoms with Gasteiger partial charge in [0.25, 0.3) is 0 Å². The van der Waals surface area contributed by atoms with E-state index < -0.39 is 0 Å². The van der Waals surface area contributed by atoms with Gasteiger partial charge in [0.1, 0.15) is 5.82 Å². The van der Waals surface area contributed by atoms with Crippen LogP contribution in [0.3, 0.4) is 0 Å². The van der Waals surface area contributed by atoms with Crippen molar-refractivity contribution in [2.75, 3.05) is 38.1 Å². The maximum absolute atomic E-state index is 11.9. The summed E-state index contributed by atoms with van der Waals surface area (Å²) in [6, 6.07) is 12.5. The van der Waals surface area contributed by atoms with E-state index in [9.17, 15) is 5.21 Å². The molecule has 2 aromatic rings. The summed E-state index contributed by atoms with van der Waals surface area (Å²) < 4.78 is -0.145. The van der Waals surface area contributed by atoms with Gasteiger partial charge < -0.3 is 14.8 Å². The van der Waals surface area contributed by atoms with Crippen LogP contribution in [0.4, 0.5) is 5.82 Å². The summed E-state index contributed by atoms with van der Waals surface area (Å²) in [7, 11) is 1.74. The molecule has 0 saturated carbocycles. The van der Waals surface area contributed by atoms with Crippen molar-refractivity contribution in [3.8, 4) is 11.1 Å². The third-order valence-corrected chi connectivity index (χ3v) is 4.21. The summed E-state index contributed by atoms with van der Waals surface area (Å²) in [6.07, 6.45) is 1.86. The highest BCUT2D eigenvalue weighted by Crippen LogP contribution is 2.26. The van der Waals surface area contributed by atoms with E-state index in [4.69, 9.17) is 0 Å². The van der Waals surface area contributed by atoms with Crippen LogP contribution in [0.2, 0.25) is 0 Å². The number of quaternary nitrogens is 1. The zero-order valence-corrected chi connectivity index (χ0v) is 12.6. The lowest BCUT2D eigenvalue weighted by Crippen LogP contribution is -2.53. The molecule has 0 N–H and O–H groups in total. The van der Waals surface area contributed by atoms with Crippen molar-refractivity contribution in [1.29, 1.82) is 0 Å². The van der Waals surface area contributed by atoms with Gasteiger partial charge in [-0.1, -0.05) is 24.3 Å². The second-order valence-electron chi connectivity index (χ2n) is 5.95. The Hall–Kier alpha value is -1.91. The molecule has 21 heavy (non-hydrogen) atoms. The fourth-order valence-corrected chi connectivity index (χ4v) is 2.77. The number of pyridine rings is 1. The third-order valence-electron chi connectivity index (χ3n) is 4.21. The Bertz CT molecular complexity index is 629. The lowest BCUT2D eigenvalue weighted by atomic mass is 10.0. The first kappa shape index (κ1) is 14.0. The lowest BCUT2D eigenvalue weighted by molar-refractivity contribution is -0.861. The first-order chi connectivity index (χ1) is 10.1. The van der Waals surface area contributed by atoms with E-state index in [2.05, 4.69) is 47.1 Å². The van der Waals surface area contributed by atoms with Crippen LogP contribution in [0, 0.1) is 12.1 Å². The maximum atomic E-state index is 11.9. The summed E-state index contributed by atoms with van der Waals surface area (Å²) in [4.78, 5) is 6.69. The van der Waals surface area contributed by atoms with Crippen LogP contribution in [0.5, 0.6) is 0 Å². The molecule has 0 atom stereocenters. The molecule has 3 rings (SSSR count). The molecule has 1 saturated heterocycles. The van der Waals surface area contributed by atoms with Gasteiger partial charge in [0, 0.05) is 6.20 Å². The Morgan fingerprint density at radius 1 is 1.14 bits per heavy atom. The minimum Gasteiger partial charge on any atom is -0.633 e. The van der Waals surface area contributed by atoms with Crippen molar-refractivity contribution in [2.45, 2.75) is 6.92 Å². The van der Waals surface area contributed by atoms with Gasteiger partial charge in [-0.3, -0.25) is 0 Å². The molecule has 4 heteroatoms. The second-order valence-corrected chi connectivity index (χ2v) is 5.95. The summed E-state index contributed by atoms with van der Waals surface area (Å²) >= 11 is 0. The molecule has 0 bridgehead atoms. The number of hydrogen-bond acceptors (Lipinski definition) is 3. The Morgan fingerprint density at radius 3 is 2.57 bits per heavy atom. The van der Waals surface area contributed by atoms with Crippen molar-refractivity contribution < 1.29 is 4.65 Å². The summed E-state index contributed by atoms with van der Waals surface area (Å²) in [5.41, 5.74) is 3.68. The van der Waals surface area contributed by atoms with Gasteiger partial charge in [0.15, 0.2) is 0 Å². The molecule has 0 aliphatic carbocycles. The van der Waals surface area contributed by atoms with E-state index in [1.165, 1.54) is 16.7 Å². The monoisotopic (exact) mass is 283 g/mol. The molecule has 110 valence electrons. The molecule has 0 spiro atoms. The predicted molar refractivity (Wildman–Crippen MR) is 85.9 cm³/mol. The molecular formula is C17H21N3O. The van der Waals surface area contributed by atoms with Crippen LogP contribution in [0.15, 0.2) is 42.6 Å². The average molecular weight is 283 g/mol. The third kappa shape index (κ3) is 3.06. The SMILES string of the molecule is Cc1ccccc1-c1ccnc(N2CC[N+](C)([O-])CC2)c1. The number of nitrogens with zero attached hydrogens (tertiary/aromatic N) is 3. The molecule has 1 fully saturated rings. The number of benzene rings is 1. The Kier molecular flexibility index (Phi) is 3.66. The van der Waals surface area contributed by atoms with Gasteiger partial charge in [-0.15, -0.1) is 0 Å². The predicted octanol–water partition coefficient (Wildman–Crippen LogP) is 2.82. The van der Waals surface area contributed by atoms with Crippen molar-refractivity contribution in [3.05, 3.63) is 53.4 Å². The highest BCUT2D eigenvalue weighted by molar-refractivity contribution is 5.69. The number of aryl methyl sites for hydroxylation is 1. The molecule has 0 radical (unpaired) electrons. The van der Waals surface area contributed by atoms with Crippen molar-refractivity contribution in [3.63, 3.8) is 0 Å². The van der Waals surface area contributed by atoms with E-state index >= 15 is 0 Å². The topological polar surface area (TPSA) is 39.2 Å². The highest BCUT2D eigenvalue weighted by atomic mass is 16.5. The molecule has 2 heterocycles. The molecule has 0 amide bonds. The molecule has 4 nitrogen and oxygen atoms in total. The van der Waals surface area contributed by atoms with Crippen LogP contribution in [0.25, 0.3) is 11.1 Å². The van der Waals surface area contributed by atoms with E-state index in [0.717, 1.165) is 18.9 Å². The van der Waals surface area contributed by atoms with Crippen LogP contribution in [-0.2, 0) is 0 Å². The second kappa shape index (κ2) is 5.47. The first-order valence-corrected chi connectivity index (χ1v) is 7.38. The van der Waals surface area contributed by atoms with Crippen LogP contribution in [-0.4, -0.2) is 42.9 Å². The summed E-state index contributed by atoms with van der Waals surface area (Å²) in [6.45, 7) is 4.90. The van der Waals surface area contributed by atoms with Gasteiger partial charge in [0.2, 0.25) is 0 Å². The maximum Gasteiger partial charge on any atom is 0.129 e. The minimum absolute atomic E-state index is 0.145. The molecule has 1 aliphatic heterocycles. The minimum atomic E-state index is -0.145. The zero-order chi connectivity index (χ0) is 14.9. The number of rotatable bonds is 2. The molecule has 1 aromatic heterocycles. The van der Waals surface area contributed by atoms with Crippen molar-refractivity contribution in [2.24, 2.45) is 0 Å². The van der Waals surface area contributed by atoms with Gasteiger partial charge in [-0.25, -0.2) is 4.98 Å². The fraction of sp³-hybridized carbons (Fsp3) is 0.353. The van der Waals surface area contributed by atoms with Gasteiger partial charge in [0.05, 0.1) is 33.2 Å². The van der Waals surface area contributed by atoms with E-state index in [-0.39, 0.29) is 4.65 Å². The average Bonchev–Trinajstić information content (AvgIpc) is 2.48. The number of hydrogen-bond donors (Lipinski definition) is 0.